The molecule has 0 aliphatic rings. The van der Waals surface area contributed by atoms with Crippen LogP contribution in [0.2, 0.25) is 0 Å². The van der Waals surface area contributed by atoms with Gasteiger partial charge in [0.25, 0.3) is 5.91 Å². The number of pyridine rings is 1. The normalized spacial score (nSPS) is 10.7. The van der Waals surface area contributed by atoms with Crippen molar-refractivity contribution in [3.63, 3.8) is 0 Å². The minimum Gasteiger partial charge on any atom is -0.383 e. The molecule has 0 aliphatic carbocycles. The van der Waals surface area contributed by atoms with Crippen molar-refractivity contribution in [3.8, 4) is 22.5 Å². The number of carbonyl (C=O) groups excluding carboxylic acids is 1. The Bertz CT molecular complexity index is 1190. The van der Waals surface area contributed by atoms with Crippen LogP contribution >= 0.6 is 0 Å². The van der Waals surface area contributed by atoms with E-state index in [0.29, 0.717) is 5.56 Å². The Balaban J connectivity index is 1.61. The highest BCUT2D eigenvalue weighted by Gasteiger charge is 2.17. The number of hydrogen-bond acceptors (Lipinski definition) is 4. The second kappa shape index (κ2) is 7.55. The predicted octanol–water partition coefficient (Wildman–Crippen LogP) is 4.42. The van der Waals surface area contributed by atoms with E-state index in [9.17, 15) is 9.18 Å². The first kappa shape index (κ1) is 18.4. The van der Waals surface area contributed by atoms with E-state index in [1.807, 2.05) is 37.3 Å². The second-order valence-electron chi connectivity index (χ2n) is 6.50. The first-order chi connectivity index (χ1) is 14.0. The Morgan fingerprint density at radius 2 is 1.76 bits per heavy atom. The van der Waals surface area contributed by atoms with Crippen molar-refractivity contribution in [1.82, 2.24) is 15.2 Å². The van der Waals surface area contributed by atoms with Gasteiger partial charge in [0.2, 0.25) is 0 Å². The molecule has 0 spiro atoms. The molecule has 0 bridgehead atoms. The number of carbonyl (C=O) groups is 1. The SMILES string of the molecule is Cc1c(-c2ccccc2)n[nH]c1-c1ccc(NC(=O)c2ccccc2F)nc1N. The van der Waals surface area contributed by atoms with Crippen LogP contribution in [0.4, 0.5) is 16.0 Å². The highest BCUT2D eigenvalue weighted by Crippen LogP contribution is 2.32. The van der Waals surface area contributed by atoms with E-state index >= 15 is 0 Å². The van der Waals surface area contributed by atoms with Crippen LogP contribution < -0.4 is 11.1 Å². The number of nitrogens with two attached hydrogens (primary N) is 1. The largest absolute Gasteiger partial charge is 0.383 e. The summed E-state index contributed by atoms with van der Waals surface area (Å²) in [5, 5.41) is 9.99. The lowest BCUT2D eigenvalue weighted by Crippen LogP contribution is -2.15. The smallest absolute Gasteiger partial charge is 0.259 e. The van der Waals surface area contributed by atoms with Crippen molar-refractivity contribution >= 4 is 17.5 Å². The number of H-pyrrole nitrogens is 1. The average Bonchev–Trinajstić information content (AvgIpc) is 3.10. The van der Waals surface area contributed by atoms with Gasteiger partial charge in [-0.25, -0.2) is 9.37 Å². The van der Waals surface area contributed by atoms with Crippen molar-refractivity contribution in [3.05, 3.63) is 83.7 Å². The zero-order valence-corrected chi connectivity index (χ0v) is 15.6. The number of benzene rings is 2. The molecule has 2 heterocycles. The van der Waals surface area contributed by atoms with Gasteiger partial charge in [-0.2, -0.15) is 5.10 Å². The van der Waals surface area contributed by atoms with E-state index < -0.39 is 11.7 Å². The maximum absolute atomic E-state index is 13.8. The molecule has 0 atom stereocenters. The molecule has 4 N–H and O–H groups in total. The fourth-order valence-electron chi connectivity index (χ4n) is 3.12. The summed E-state index contributed by atoms with van der Waals surface area (Å²) >= 11 is 0. The minimum absolute atomic E-state index is 0.0612. The van der Waals surface area contributed by atoms with Gasteiger partial charge in [-0.3, -0.25) is 9.89 Å². The first-order valence-electron chi connectivity index (χ1n) is 8.97. The third kappa shape index (κ3) is 3.58. The highest BCUT2D eigenvalue weighted by atomic mass is 19.1. The van der Waals surface area contributed by atoms with Crippen LogP contribution in [0, 0.1) is 12.7 Å². The summed E-state index contributed by atoms with van der Waals surface area (Å²) < 4.78 is 13.8. The fourth-order valence-corrected chi connectivity index (χ4v) is 3.12. The van der Waals surface area contributed by atoms with Crippen molar-refractivity contribution in [1.29, 1.82) is 0 Å². The van der Waals surface area contributed by atoms with E-state index in [4.69, 9.17) is 5.73 Å². The lowest BCUT2D eigenvalue weighted by atomic mass is 10.0. The lowest BCUT2D eigenvalue weighted by molar-refractivity contribution is 0.102. The number of halogens is 1. The number of nitrogen functional groups attached to an aromatic ring is 1. The third-order valence-electron chi connectivity index (χ3n) is 4.61. The van der Waals surface area contributed by atoms with Crippen molar-refractivity contribution in [2.45, 2.75) is 6.92 Å². The minimum atomic E-state index is -0.601. The topological polar surface area (TPSA) is 96.7 Å². The molecule has 7 heteroatoms. The number of anilines is 2. The van der Waals surface area contributed by atoms with Crippen LogP contribution in [-0.4, -0.2) is 21.1 Å². The van der Waals surface area contributed by atoms with Crippen LogP contribution in [0.15, 0.2) is 66.7 Å². The molecule has 1 amide bonds. The van der Waals surface area contributed by atoms with Gasteiger partial charge in [0, 0.05) is 16.7 Å². The summed E-state index contributed by atoms with van der Waals surface area (Å²) in [6, 6.07) is 18.9. The molecule has 6 nitrogen and oxygen atoms in total. The van der Waals surface area contributed by atoms with E-state index in [1.54, 1.807) is 18.2 Å². The first-order valence-corrected chi connectivity index (χ1v) is 8.97. The molecule has 2 aromatic carbocycles. The summed E-state index contributed by atoms with van der Waals surface area (Å²) in [5.41, 5.74) is 10.2. The molecule has 0 saturated heterocycles. The van der Waals surface area contributed by atoms with Crippen molar-refractivity contribution in [2.75, 3.05) is 11.1 Å². The van der Waals surface area contributed by atoms with E-state index in [2.05, 4.69) is 20.5 Å². The Labute approximate surface area is 166 Å². The van der Waals surface area contributed by atoms with Crippen LogP contribution in [0.5, 0.6) is 0 Å². The predicted molar refractivity (Wildman–Crippen MR) is 111 cm³/mol. The van der Waals surface area contributed by atoms with Gasteiger partial charge in [0.1, 0.15) is 17.5 Å². The standard InChI is InChI=1S/C22H18FN5O/c1-13-19(14-7-3-2-4-8-14)27-28-20(13)16-11-12-18(25-21(16)24)26-22(29)15-9-5-6-10-17(15)23/h2-12H,1H3,(H,27,28)(H3,24,25,26,29). The molecule has 0 unspecified atom stereocenters. The molecule has 0 saturated carbocycles. The third-order valence-corrected chi connectivity index (χ3v) is 4.61. The van der Waals surface area contributed by atoms with Gasteiger partial charge in [-0.15, -0.1) is 0 Å². The Kier molecular flexibility index (Phi) is 4.78. The van der Waals surface area contributed by atoms with Gasteiger partial charge in [-0.1, -0.05) is 42.5 Å². The van der Waals surface area contributed by atoms with E-state index in [-0.39, 0.29) is 17.2 Å². The number of rotatable bonds is 4. The maximum Gasteiger partial charge on any atom is 0.259 e. The number of aromatic amines is 1. The van der Waals surface area contributed by atoms with Crippen LogP contribution in [-0.2, 0) is 0 Å². The number of nitrogens with one attached hydrogen (secondary N) is 2. The molecule has 0 aliphatic heterocycles. The zero-order chi connectivity index (χ0) is 20.4. The van der Waals surface area contributed by atoms with Crippen molar-refractivity contribution < 1.29 is 9.18 Å². The molecular formula is C22H18FN5O. The average molecular weight is 387 g/mol. The summed E-state index contributed by atoms with van der Waals surface area (Å²) in [7, 11) is 0. The van der Waals surface area contributed by atoms with Crippen LogP contribution in [0.25, 0.3) is 22.5 Å². The zero-order valence-electron chi connectivity index (χ0n) is 15.6. The molecule has 2 aromatic heterocycles. The summed E-state index contributed by atoms with van der Waals surface area (Å²) in [5.74, 6) is -0.731. The molecule has 4 aromatic rings. The van der Waals surface area contributed by atoms with Gasteiger partial charge in [0.05, 0.1) is 17.0 Å². The highest BCUT2D eigenvalue weighted by molar-refractivity contribution is 6.04. The maximum atomic E-state index is 13.8. The number of hydrogen-bond donors (Lipinski definition) is 3. The number of aromatic nitrogens is 3. The van der Waals surface area contributed by atoms with E-state index in [0.717, 1.165) is 22.5 Å². The summed E-state index contributed by atoms with van der Waals surface area (Å²) in [6.45, 7) is 1.95. The quantitative estimate of drug-likeness (QED) is 0.483. The molecule has 144 valence electrons. The van der Waals surface area contributed by atoms with Gasteiger partial charge < -0.3 is 11.1 Å². The van der Waals surface area contributed by atoms with Gasteiger partial charge >= 0.3 is 0 Å². The fraction of sp³-hybridized carbons (Fsp3) is 0.0455. The van der Waals surface area contributed by atoms with Crippen LogP contribution in [0.1, 0.15) is 15.9 Å². The molecule has 4 rings (SSSR count). The Hall–Kier alpha value is -4.00. The molecule has 29 heavy (non-hydrogen) atoms. The van der Waals surface area contributed by atoms with Gasteiger partial charge in [-0.05, 0) is 31.2 Å². The summed E-state index contributed by atoms with van der Waals surface area (Å²) in [6.07, 6.45) is 0. The molecular weight excluding hydrogens is 369 g/mol. The second-order valence-corrected chi connectivity index (χ2v) is 6.50. The van der Waals surface area contributed by atoms with Gasteiger partial charge in [0.15, 0.2) is 0 Å². The van der Waals surface area contributed by atoms with Crippen LogP contribution in [0.3, 0.4) is 0 Å². The summed E-state index contributed by atoms with van der Waals surface area (Å²) in [4.78, 5) is 16.5. The number of nitrogens with zero attached hydrogens (tertiary/aromatic N) is 2. The number of amides is 1. The Morgan fingerprint density at radius 3 is 2.48 bits per heavy atom. The molecule has 0 radical (unpaired) electrons. The Morgan fingerprint density at radius 1 is 1.03 bits per heavy atom. The lowest BCUT2D eigenvalue weighted by Gasteiger charge is -2.09. The van der Waals surface area contributed by atoms with E-state index in [1.165, 1.54) is 18.2 Å². The monoisotopic (exact) mass is 387 g/mol. The molecule has 0 fully saturated rings. The van der Waals surface area contributed by atoms with Crippen molar-refractivity contribution in [2.24, 2.45) is 0 Å².